The molecule has 0 amide bonds. The summed E-state index contributed by atoms with van der Waals surface area (Å²) in [7, 11) is 0. The van der Waals surface area contributed by atoms with E-state index in [1.54, 1.807) is 11.3 Å². The number of thiophene rings is 1. The first kappa shape index (κ1) is 22.6. The first-order valence-corrected chi connectivity index (χ1v) is 12.9. The van der Waals surface area contributed by atoms with E-state index in [9.17, 15) is 0 Å². The molecule has 5 rings (SSSR count). The molecule has 172 valence electrons. The van der Waals surface area contributed by atoms with Gasteiger partial charge < -0.3 is 5.32 Å². The Labute approximate surface area is 206 Å². The van der Waals surface area contributed by atoms with Gasteiger partial charge in [0.05, 0.1) is 0 Å². The third-order valence-electron chi connectivity index (χ3n) is 6.45. The van der Waals surface area contributed by atoms with Crippen molar-refractivity contribution in [3.63, 3.8) is 0 Å². The zero-order chi connectivity index (χ0) is 24.0. The van der Waals surface area contributed by atoms with Crippen LogP contribution < -0.4 is 9.46 Å². The molecule has 0 N–H and O–H groups in total. The smallest absolute Gasteiger partial charge is 0.217 e. The quantitative estimate of drug-likeness (QED) is 0.273. The van der Waals surface area contributed by atoms with Crippen molar-refractivity contribution in [1.82, 2.24) is 0 Å². The van der Waals surface area contributed by atoms with Crippen molar-refractivity contribution in [3.05, 3.63) is 101 Å². The van der Waals surface area contributed by atoms with Gasteiger partial charge in [0.25, 0.3) is 0 Å². The van der Waals surface area contributed by atoms with Crippen LogP contribution in [0.15, 0.2) is 72.3 Å². The molecule has 4 aromatic rings. The molecule has 2 nitrogen and oxygen atoms in total. The number of benzene rings is 2. The zero-order valence-electron chi connectivity index (χ0n) is 20.7. The lowest BCUT2D eigenvalue weighted by molar-refractivity contribution is -0.486. The van der Waals surface area contributed by atoms with Crippen molar-refractivity contribution in [2.75, 3.05) is 0 Å². The molecule has 0 bridgehead atoms. The van der Waals surface area contributed by atoms with Gasteiger partial charge in [-0.25, -0.2) is 0 Å². The Bertz CT molecular complexity index is 1530. The standard InChI is InChI=1S/C31H32N2S/c1-20(2)15-23-18-28(32-30-26(23)12-14-34-30)22-11-13-33(6)29(19-22)24-16-21-9-7-8-10-25(21)27(17-24)31(3,4)5/h7-14,16-20H,6,15H2,1-5H3. The maximum absolute atomic E-state index is 5.03. The van der Waals surface area contributed by atoms with Gasteiger partial charge in [-0.05, 0) is 74.0 Å². The fourth-order valence-electron chi connectivity index (χ4n) is 4.79. The summed E-state index contributed by atoms with van der Waals surface area (Å²) in [6, 6.07) is 19.9. The Hall–Kier alpha value is -3.17. The molecule has 0 aliphatic carbocycles. The second-order valence-electron chi connectivity index (χ2n) is 10.7. The largest absolute Gasteiger partial charge is 0.648 e. The number of rotatable bonds is 3. The highest BCUT2D eigenvalue weighted by Gasteiger charge is 2.20. The van der Waals surface area contributed by atoms with E-state index < -0.39 is 0 Å². The van der Waals surface area contributed by atoms with E-state index in [2.05, 4.69) is 114 Å². The number of pyridine rings is 1. The number of fused-ring (bicyclic) bond motifs is 2. The van der Waals surface area contributed by atoms with Crippen LogP contribution in [-0.2, 0) is 5.41 Å². The number of nitrogens with zero attached hydrogens (tertiary/aromatic N) is 2. The van der Waals surface area contributed by atoms with Crippen molar-refractivity contribution in [1.29, 1.82) is 0 Å². The minimum atomic E-state index is 0.0384. The Balaban J connectivity index is 1.72. The van der Waals surface area contributed by atoms with Crippen LogP contribution in [0.4, 0.5) is 5.00 Å². The molecule has 0 radical (unpaired) electrons. The summed E-state index contributed by atoms with van der Waals surface area (Å²) in [6.45, 7) is 15.7. The van der Waals surface area contributed by atoms with Gasteiger partial charge in [0, 0.05) is 17.7 Å². The first-order valence-electron chi connectivity index (χ1n) is 12.0. The summed E-state index contributed by atoms with van der Waals surface area (Å²) < 4.78 is 1.97. The molecule has 0 spiro atoms. The van der Waals surface area contributed by atoms with Crippen molar-refractivity contribution < 1.29 is 4.24 Å². The highest BCUT2D eigenvalue weighted by atomic mass is 32.1. The second kappa shape index (κ2) is 8.56. The molecule has 0 unspecified atom stereocenters. The number of hydrogen-bond acceptors (Lipinski definition) is 1. The zero-order valence-corrected chi connectivity index (χ0v) is 21.5. The third-order valence-corrected chi connectivity index (χ3v) is 7.26. The summed E-state index contributed by atoms with van der Waals surface area (Å²) in [6.07, 6.45) is 5.39. The highest BCUT2D eigenvalue weighted by Crippen LogP contribution is 2.45. The Morgan fingerprint density at radius 1 is 1.03 bits per heavy atom. The predicted molar refractivity (Wildman–Crippen MR) is 147 cm³/mol. The van der Waals surface area contributed by atoms with E-state index in [4.69, 9.17) is 5.32 Å². The molecule has 3 heteroatoms. The third kappa shape index (κ3) is 4.21. The number of allylic oxidation sites excluding steroid dienone is 1. The van der Waals surface area contributed by atoms with Crippen LogP contribution in [-0.4, -0.2) is 0 Å². The molecule has 0 saturated carbocycles. The fourth-order valence-corrected chi connectivity index (χ4v) is 5.60. The molecule has 1 aliphatic rings. The fraction of sp³-hybridized carbons (Fsp3) is 0.258. The van der Waals surface area contributed by atoms with Gasteiger partial charge in [0.2, 0.25) is 5.69 Å². The monoisotopic (exact) mass is 464 g/mol. The SMILES string of the molecule is C=[n+]1ccc(=C2C=C(CC(C)C)c3ccsc3[N-]2)cc1-c1cc(C(C)(C)C)c2ccccc2c1. The van der Waals surface area contributed by atoms with Crippen molar-refractivity contribution >= 4 is 38.4 Å². The van der Waals surface area contributed by atoms with Crippen LogP contribution in [0.3, 0.4) is 0 Å². The summed E-state index contributed by atoms with van der Waals surface area (Å²) in [5, 5.41) is 12.0. The van der Waals surface area contributed by atoms with Crippen molar-refractivity contribution in [2.45, 2.75) is 46.5 Å². The topological polar surface area (TPSA) is 20.0 Å². The van der Waals surface area contributed by atoms with Crippen LogP contribution in [0.2, 0.25) is 0 Å². The van der Waals surface area contributed by atoms with Crippen LogP contribution in [0.25, 0.3) is 38.6 Å². The second-order valence-corrected chi connectivity index (χ2v) is 11.6. The van der Waals surface area contributed by atoms with Crippen LogP contribution in [0.1, 0.15) is 52.2 Å². The molecule has 34 heavy (non-hydrogen) atoms. The van der Waals surface area contributed by atoms with Gasteiger partial charge >= 0.3 is 0 Å². The molecule has 2 aromatic carbocycles. The van der Waals surface area contributed by atoms with E-state index in [0.29, 0.717) is 5.92 Å². The highest BCUT2D eigenvalue weighted by molar-refractivity contribution is 7.14. The Kier molecular flexibility index (Phi) is 5.69. The first-order chi connectivity index (χ1) is 16.2. The van der Waals surface area contributed by atoms with Gasteiger partial charge in [0.15, 0.2) is 6.20 Å². The molecular weight excluding hydrogens is 432 g/mol. The average Bonchev–Trinajstić information content (AvgIpc) is 3.27. The molecule has 3 heterocycles. The van der Waals surface area contributed by atoms with Crippen molar-refractivity contribution in [2.24, 2.45) is 5.92 Å². The van der Waals surface area contributed by atoms with Crippen molar-refractivity contribution in [3.8, 4) is 11.3 Å². The molecule has 1 aliphatic heterocycles. The molecule has 0 saturated heterocycles. The minimum Gasteiger partial charge on any atom is -0.648 e. The van der Waals surface area contributed by atoms with Gasteiger partial charge in [-0.15, -0.1) is 5.70 Å². The Morgan fingerprint density at radius 2 is 1.82 bits per heavy atom. The van der Waals surface area contributed by atoms with Crippen LogP contribution in [0, 0.1) is 12.6 Å². The van der Waals surface area contributed by atoms with Crippen LogP contribution >= 0.6 is 11.3 Å². The number of aromatic nitrogens is 1. The molecule has 2 aromatic heterocycles. The summed E-state index contributed by atoms with van der Waals surface area (Å²) in [5.74, 6) is 0.597. The van der Waals surface area contributed by atoms with Crippen LogP contribution in [0.5, 0.6) is 0 Å². The lowest BCUT2D eigenvalue weighted by Gasteiger charge is -2.31. The van der Waals surface area contributed by atoms with E-state index in [-0.39, 0.29) is 5.41 Å². The van der Waals surface area contributed by atoms with Gasteiger partial charge in [-0.1, -0.05) is 70.0 Å². The van der Waals surface area contributed by atoms with E-state index in [1.165, 1.54) is 33.0 Å². The van der Waals surface area contributed by atoms with E-state index >= 15 is 0 Å². The lowest BCUT2D eigenvalue weighted by Crippen LogP contribution is -2.22. The van der Waals surface area contributed by atoms with Gasteiger partial charge in [0.1, 0.15) is 6.72 Å². The predicted octanol–water partition coefficient (Wildman–Crippen LogP) is 8.05. The number of hydrogen-bond donors (Lipinski definition) is 0. The molecular formula is C31H32N2S. The van der Waals surface area contributed by atoms with E-state index in [1.807, 2.05) is 4.24 Å². The van der Waals surface area contributed by atoms with E-state index in [0.717, 1.165) is 28.0 Å². The van der Waals surface area contributed by atoms with Gasteiger partial charge in [-0.2, -0.15) is 15.6 Å². The Morgan fingerprint density at radius 3 is 2.59 bits per heavy atom. The molecule has 0 atom stereocenters. The summed E-state index contributed by atoms with van der Waals surface area (Å²) >= 11 is 1.72. The normalized spacial score (nSPS) is 15.3. The average molecular weight is 465 g/mol. The van der Waals surface area contributed by atoms with Gasteiger partial charge in [-0.3, -0.25) is 0 Å². The minimum absolute atomic E-state index is 0.0384. The molecule has 0 fully saturated rings. The summed E-state index contributed by atoms with van der Waals surface area (Å²) in [5.41, 5.74) is 7.36. The maximum Gasteiger partial charge on any atom is 0.217 e. The lowest BCUT2D eigenvalue weighted by atomic mass is 9.82. The maximum atomic E-state index is 5.03. The summed E-state index contributed by atoms with van der Waals surface area (Å²) in [4.78, 5) is 0.